The molecule has 0 bridgehead atoms. The third kappa shape index (κ3) is 2.27. The molecule has 0 saturated carbocycles. The Hall–Kier alpha value is -0.0800. The lowest BCUT2D eigenvalue weighted by Crippen LogP contribution is -2.32. The lowest BCUT2D eigenvalue weighted by atomic mass is 9.97. The van der Waals surface area contributed by atoms with E-state index in [1.807, 2.05) is 7.05 Å². The zero-order valence-corrected chi connectivity index (χ0v) is 6.77. The zero-order chi connectivity index (χ0) is 7.40. The van der Waals surface area contributed by atoms with Gasteiger partial charge in [-0.1, -0.05) is 0 Å². The first kappa shape index (κ1) is 8.02. The summed E-state index contributed by atoms with van der Waals surface area (Å²) in [5.41, 5.74) is 0. The van der Waals surface area contributed by atoms with Gasteiger partial charge in [-0.05, 0) is 45.4 Å². The minimum atomic E-state index is 0.892. The van der Waals surface area contributed by atoms with Crippen LogP contribution in [0, 0.1) is 13.0 Å². The number of likely N-dealkylation sites (tertiary alicyclic amines) is 1. The molecular weight excluding hydrogens is 124 g/mol. The van der Waals surface area contributed by atoms with Crippen LogP contribution in [0.25, 0.3) is 0 Å². The fourth-order valence-electron chi connectivity index (χ4n) is 1.48. The zero-order valence-electron chi connectivity index (χ0n) is 6.77. The summed E-state index contributed by atoms with van der Waals surface area (Å²) in [7, 11) is 5.93. The standard InChI is InChI=1S/C8H17N2/c1-9-7-8-3-5-10(2)6-4-8/h8-9H,2-7H2,1H3/q-1. The predicted molar refractivity (Wildman–Crippen MR) is 43.6 cm³/mol. The van der Waals surface area contributed by atoms with Crippen LogP contribution in [0.15, 0.2) is 0 Å². The maximum Gasteiger partial charge on any atom is -0.00226 e. The van der Waals surface area contributed by atoms with Gasteiger partial charge in [0.25, 0.3) is 0 Å². The summed E-state index contributed by atoms with van der Waals surface area (Å²) < 4.78 is 0. The van der Waals surface area contributed by atoms with Crippen LogP contribution in [0.5, 0.6) is 0 Å². The molecule has 1 saturated heterocycles. The SMILES string of the molecule is [CH2-]N1CCC(CNC)CC1. The Labute approximate surface area is 63.6 Å². The molecule has 0 aliphatic carbocycles. The van der Waals surface area contributed by atoms with Gasteiger partial charge in [0.15, 0.2) is 0 Å². The van der Waals surface area contributed by atoms with Crippen LogP contribution in [0.1, 0.15) is 12.8 Å². The highest BCUT2D eigenvalue weighted by Gasteiger charge is 2.12. The molecule has 0 aromatic carbocycles. The van der Waals surface area contributed by atoms with E-state index in [-0.39, 0.29) is 0 Å². The van der Waals surface area contributed by atoms with Crippen LogP contribution in [-0.4, -0.2) is 31.6 Å². The van der Waals surface area contributed by atoms with Crippen molar-refractivity contribution in [1.29, 1.82) is 0 Å². The molecule has 2 heteroatoms. The molecule has 0 unspecified atom stereocenters. The van der Waals surface area contributed by atoms with E-state index >= 15 is 0 Å². The van der Waals surface area contributed by atoms with Crippen molar-refractivity contribution in [3.8, 4) is 0 Å². The Morgan fingerprint density at radius 1 is 1.50 bits per heavy atom. The highest BCUT2D eigenvalue weighted by molar-refractivity contribution is 4.72. The lowest BCUT2D eigenvalue weighted by molar-refractivity contribution is 0.238. The molecule has 0 aromatic heterocycles. The average molecular weight is 141 g/mol. The molecule has 1 rings (SSSR count). The van der Waals surface area contributed by atoms with Crippen LogP contribution in [0.3, 0.4) is 0 Å². The van der Waals surface area contributed by atoms with Gasteiger partial charge in [-0.15, -0.1) is 0 Å². The number of piperidine rings is 1. The van der Waals surface area contributed by atoms with Gasteiger partial charge in [-0.3, -0.25) is 7.05 Å². The Balaban J connectivity index is 2.13. The molecule has 0 atom stereocenters. The number of hydrogen-bond donors (Lipinski definition) is 1. The van der Waals surface area contributed by atoms with Crippen molar-refractivity contribution < 1.29 is 0 Å². The molecular formula is C8H17N2-. The van der Waals surface area contributed by atoms with Gasteiger partial charge in [-0.25, -0.2) is 0 Å². The molecule has 1 aliphatic heterocycles. The van der Waals surface area contributed by atoms with Crippen molar-refractivity contribution in [3.63, 3.8) is 0 Å². The van der Waals surface area contributed by atoms with E-state index in [2.05, 4.69) is 17.3 Å². The Kier molecular flexibility index (Phi) is 3.16. The monoisotopic (exact) mass is 141 g/mol. The van der Waals surface area contributed by atoms with E-state index < -0.39 is 0 Å². The summed E-state index contributed by atoms with van der Waals surface area (Å²) in [4.78, 5) is 2.16. The van der Waals surface area contributed by atoms with Crippen LogP contribution >= 0.6 is 0 Å². The van der Waals surface area contributed by atoms with Crippen molar-refractivity contribution in [2.75, 3.05) is 26.7 Å². The number of hydrogen-bond acceptors (Lipinski definition) is 2. The van der Waals surface area contributed by atoms with Crippen molar-refractivity contribution >= 4 is 0 Å². The van der Waals surface area contributed by atoms with Crippen LogP contribution in [0.2, 0.25) is 0 Å². The van der Waals surface area contributed by atoms with E-state index in [0.29, 0.717) is 0 Å². The van der Waals surface area contributed by atoms with E-state index in [0.717, 1.165) is 5.92 Å². The van der Waals surface area contributed by atoms with Crippen molar-refractivity contribution in [2.45, 2.75) is 12.8 Å². The fourth-order valence-corrected chi connectivity index (χ4v) is 1.48. The molecule has 0 amide bonds. The average Bonchev–Trinajstić information content (AvgIpc) is 1.95. The summed E-state index contributed by atoms with van der Waals surface area (Å²) >= 11 is 0. The smallest absolute Gasteiger partial charge is 0.00226 e. The minimum Gasteiger partial charge on any atom is -0.459 e. The normalized spacial score (nSPS) is 23.4. The van der Waals surface area contributed by atoms with E-state index in [9.17, 15) is 0 Å². The molecule has 1 fully saturated rings. The number of rotatable bonds is 2. The second kappa shape index (κ2) is 3.94. The predicted octanol–water partition coefficient (Wildman–Crippen LogP) is 0.709. The molecule has 2 nitrogen and oxygen atoms in total. The van der Waals surface area contributed by atoms with Gasteiger partial charge >= 0.3 is 0 Å². The maximum atomic E-state index is 3.90. The molecule has 0 aromatic rings. The third-order valence-electron chi connectivity index (χ3n) is 2.20. The van der Waals surface area contributed by atoms with Crippen LogP contribution in [-0.2, 0) is 0 Å². The Morgan fingerprint density at radius 2 is 2.10 bits per heavy atom. The first-order valence-corrected chi connectivity index (χ1v) is 4.03. The molecule has 0 spiro atoms. The minimum absolute atomic E-state index is 0.892. The molecule has 1 N–H and O–H groups in total. The summed E-state index contributed by atoms with van der Waals surface area (Å²) in [6.07, 6.45) is 2.62. The van der Waals surface area contributed by atoms with E-state index in [1.165, 1.54) is 32.5 Å². The second-order valence-electron chi connectivity index (χ2n) is 3.12. The quantitative estimate of drug-likeness (QED) is 0.570. The van der Waals surface area contributed by atoms with Crippen molar-refractivity contribution in [1.82, 2.24) is 10.2 Å². The Morgan fingerprint density at radius 3 is 2.60 bits per heavy atom. The first-order valence-electron chi connectivity index (χ1n) is 4.03. The lowest BCUT2D eigenvalue weighted by Gasteiger charge is -2.34. The second-order valence-corrected chi connectivity index (χ2v) is 3.12. The van der Waals surface area contributed by atoms with Gasteiger partial charge in [0.2, 0.25) is 0 Å². The van der Waals surface area contributed by atoms with Gasteiger partial charge in [0, 0.05) is 0 Å². The maximum absolute atomic E-state index is 3.90. The van der Waals surface area contributed by atoms with E-state index in [1.54, 1.807) is 0 Å². The molecule has 1 aliphatic rings. The van der Waals surface area contributed by atoms with Crippen molar-refractivity contribution in [2.24, 2.45) is 5.92 Å². The van der Waals surface area contributed by atoms with Crippen LogP contribution in [0.4, 0.5) is 0 Å². The summed E-state index contributed by atoms with van der Waals surface area (Å²) in [6, 6.07) is 0. The van der Waals surface area contributed by atoms with Crippen LogP contribution < -0.4 is 5.32 Å². The van der Waals surface area contributed by atoms with Crippen molar-refractivity contribution in [3.05, 3.63) is 7.05 Å². The summed E-state index contributed by atoms with van der Waals surface area (Å²) in [5, 5.41) is 3.21. The summed E-state index contributed by atoms with van der Waals surface area (Å²) in [5.74, 6) is 0.892. The van der Waals surface area contributed by atoms with E-state index in [4.69, 9.17) is 0 Å². The molecule has 1 heterocycles. The topological polar surface area (TPSA) is 15.3 Å². The highest BCUT2D eigenvalue weighted by Crippen LogP contribution is 2.14. The number of nitrogens with zero attached hydrogens (tertiary/aromatic N) is 1. The fraction of sp³-hybridized carbons (Fsp3) is 0.875. The van der Waals surface area contributed by atoms with Gasteiger partial charge in [0.05, 0.1) is 0 Å². The molecule has 60 valence electrons. The summed E-state index contributed by atoms with van der Waals surface area (Å²) in [6.45, 7) is 3.52. The highest BCUT2D eigenvalue weighted by atomic mass is 15.1. The van der Waals surface area contributed by atoms with Gasteiger partial charge in [0.1, 0.15) is 0 Å². The third-order valence-corrected chi connectivity index (χ3v) is 2.20. The van der Waals surface area contributed by atoms with Gasteiger partial charge < -0.3 is 10.2 Å². The molecule has 0 radical (unpaired) electrons. The van der Waals surface area contributed by atoms with Gasteiger partial charge in [-0.2, -0.15) is 0 Å². The largest absolute Gasteiger partial charge is 0.459 e. The first-order chi connectivity index (χ1) is 4.83. The molecule has 10 heavy (non-hydrogen) atoms. The number of nitrogens with one attached hydrogen (secondary N) is 1. The Bertz CT molecular complexity index is 85.3.